The van der Waals surface area contributed by atoms with Crippen LogP contribution in [0, 0.1) is 6.92 Å². The summed E-state index contributed by atoms with van der Waals surface area (Å²) in [7, 11) is -4.34. The van der Waals surface area contributed by atoms with Gasteiger partial charge in [0.25, 0.3) is 10.0 Å². The van der Waals surface area contributed by atoms with E-state index in [9.17, 15) is 21.6 Å². The maximum Gasteiger partial charge on any atom is 0.417 e. The highest BCUT2D eigenvalue weighted by molar-refractivity contribution is 7.93. The molecule has 0 atom stereocenters. The van der Waals surface area contributed by atoms with Crippen molar-refractivity contribution in [2.24, 2.45) is 0 Å². The molecule has 2 heterocycles. The van der Waals surface area contributed by atoms with Crippen LogP contribution in [0.1, 0.15) is 16.1 Å². The van der Waals surface area contributed by atoms with Crippen molar-refractivity contribution in [1.29, 1.82) is 0 Å². The van der Waals surface area contributed by atoms with Gasteiger partial charge in [-0.15, -0.1) is 11.3 Å². The maximum atomic E-state index is 13.3. The van der Waals surface area contributed by atoms with Gasteiger partial charge in [-0.1, -0.05) is 18.2 Å². The van der Waals surface area contributed by atoms with E-state index >= 15 is 0 Å². The van der Waals surface area contributed by atoms with Gasteiger partial charge in [0.1, 0.15) is 0 Å². The largest absolute Gasteiger partial charge is 0.417 e. The number of halogens is 3. The Hall–Kier alpha value is -2.39. The molecule has 0 amide bonds. The third-order valence-electron chi connectivity index (χ3n) is 4.61. The van der Waals surface area contributed by atoms with Gasteiger partial charge in [0.15, 0.2) is 0 Å². The van der Waals surface area contributed by atoms with E-state index in [1.54, 1.807) is 12.1 Å². The SMILES string of the molecule is Cc1nc(-c2ccc3c(c2)CCN3S(=O)(=O)c2ccccc2C(F)(F)F)cs1. The quantitative estimate of drug-likeness (QED) is 0.602. The minimum absolute atomic E-state index is 0.101. The van der Waals surface area contributed by atoms with E-state index in [0.717, 1.165) is 38.3 Å². The first-order chi connectivity index (χ1) is 13.2. The Morgan fingerprint density at radius 3 is 2.57 bits per heavy atom. The molecule has 9 heteroatoms. The topological polar surface area (TPSA) is 50.3 Å². The van der Waals surface area contributed by atoms with Gasteiger partial charge < -0.3 is 0 Å². The van der Waals surface area contributed by atoms with E-state index in [-0.39, 0.29) is 6.54 Å². The van der Waals surface area contributed by atoms with Crippen molar-refractivity contribution in [3.63, 3.8) is 0 Å². The smallest absolute Gasteiger partial charge is 0.266 e. The van der Waals surface area contributed by atoms with E-state index < -0.39 is 26.7 Å². The molecule has 0 spiro atoms. The van der Waals surface area contributed by atoms with Crippen LogP contribution >= 0.6 is 11.3 Å². The van der Waals surface area contributed by atoms with Crippen molar-refractivity contribution >= 4 is 27.0 Å². The first-order valence-electron chi connectivity index (χ1n) is 8.42. The van der Waals surface area contributed by atoms with Gasteiger partial charge in [-0.25, -0.2) is 13.4 Å². The summed E-state index contributed by atoms with van der Waals surface area (Å²) < 4.78 is 67.1. The number of hydrogen-bond acceptors (Lipinski definition) is 4. The number of hydrogen-bond donors (Lipinski definition) is 0. The fourth-order valence-corrected chi connectivity index (χ4v) is 5.66. The molecule has 0 N–H and O–H groups in total. The second kappa shape index (κ2) is 6.59. The standard InChI is InChI=1S/C19H15F3N2O2S2/c1-12-23-16(11-27-12)13-6-7-17-14(10-13)8-9-24(17)28(25,26)18-5-3-2-4-15(18)19(20,21)22/h2-7,10-11H,8-9H2,1H3. The predicted octanol–water partition coefficient (Wildman–Crippen LogP) is 4.89. The number of aryl methyl sites for hydroxylation is 1. The van der Waals surface area contributed by atoms with Crippen LogP contribution in [0.5, 0.6) is 0 Å². The molecule has 0 radical (unpaired) electrons. The molecule has 0 bridgehead atoms. The van der Waals surface area contributed by atoms with Crippen LogP contribution in [-0.2, 0) is 22.6 Å². The molecular weight excluding hydrogens is 409 g/mol. The van der Waals surface area contributed by atoms with Crippen LogP contribution in [0.15, 0.2) is 52.7 Å². The number of nitrogens with zero attached hydrogens (tertiary/aromatic N) is 2. The van der Waals surface area contributed by atoms with E-state index in [1.807, 2.05) is 18.4 Å². The van der Waals surface area contributed by atoms with Crippen LogP contribution in [-0.4, -0.2) is 19.9 Å². The highest BCUT2D eigenvalue weighted by Crippen LogP contribution is 2.39. The lowest BCUT2D eigenvalue weighted by molar-refractivity contribution is -0.139. The highest BCUT2D eigenvalue weighted by Gasteiger charge is 2.40. The molecular formula is C19H15F3N2O2S2. The van der Waals surface area contributed by atoms with E-state index in [4.69, 9.17) is 0 Å². The summed E-state index contributed by atoms with van der Waals surface area (Å²) in [5.74, 6) is 0. The van der Waals surface area contributed by atoms with Crippen LogP contribution in [0.4, 0.5) is 18.9 Å². The fraction of sp³-hybridized carbons (Fsp3) is 0.211. The normalized spacial score (nSPS) is 14.4. The Morgan fingerprint density at radius 2 is 1.89 bits per heavy atom. The Labute approximate surface area is 164 Å². The van der Waals surface area contributed by atoms with Gasteiger partial charge in [-0.3, -0.25) is 4.31 Å². The second-order valence-corrected chi connectivity index (χ2v) is 9.31. The van der Waals surface area contributed by atoms with Crippen molar-refractivity contribution in [2.45, 2.75) is 24.4 Å². The van der Waals surface area contributed by atoms with Crippen LogP contribution in [0.2, 0.25) is 0 Å². The molecule has 1 aromatic heterocycles. The highest BCUT2D eigenvalue weighted by atomic mass is 32.2. The summed E-state index contributed by atoms with van der Waals surface area (Å²) >= 11 is 1.51. The van der Waals surface area contributed by atoms with Gasteiger partial charge in [-0.05, 0) is 43.2 Å². The second-order valence-electron chi connectivity index (χ2n) is 6.42. The molecule has 0 saturated heterocycles. The van der Waals surface area contributed by atoms with Crippen LogP contribution in [0.25, 0.3) is 11.3 Å². The fourth-order valence-electron chi connectivity index (χ4n) is 3.32. The molecule has 146 valence electrons. The van der Waals surface area contributed by atoms with Crippen molar-refractivity contribution < 1.29 is 21.6 Å². The Bertz CT molecular complexity index is 1150. The van der Waals surface area contributed by atoms with E-state index in [0.29, 0.717) is 12.1 Å². The summed E-state index contributed by atoms with van der Waals surface area (Å²) in [5.41, 5.74) is 1.69. The third kappa shape index (κ3) is 3.18. The van der Waals surface area contributed by atoms with Crippen LogP contribution < -0.4 is 4.31 Å². The zero-order valence-electron chi connectivity index (χ0n) is 14.7. The maximum absolute atomic E-state index is 13.3. The van der Waals surface area contributed by atoms with Gasteiger partial charge in [0.05, 0.1) is 26.8 Å². The number of rotatable bonds is 3. The lowest BCUT2D eigenvalue weighted by Gasteiger charge is -2.22. The molecule has 0 fully saturated rings. The molecule has 0 saturated carbocycles. The third-order valence-corrected chi connectivity index (χ3v) is 7.25. The lowest BCUT2D eigenvalue weighted by Crippen LogP contribution is -2.30. The average Bonchev–Trinajstić information content (AvgIpc) is 3.27. The summed E-state index contributed by atoms with van der Waals surface area (Å²) in [4.78, 5) is 3.69. The molecule has 1 aliphatic rings. The number of alkyl halides is 3. The number of sulfonamides is 1. The predicted molar refractivity (Wildman–Crippen MR) is 102 cm³/mol. The number of anilines is 1. The summed E-state index contributed by atoms with van der Waals surface area (Å²) in [6.45, 7) is 2.00. The molecule has 0 aliphatic carbocycles. The van der Waals surface area contributed by atoms with Crippen molar-refractivity contribution in [2.75, 3.05) is 10.8 Å². The average molecular weight is 424 g/mol. The molecule has 4 rings (SSSR count). The van der Waals surface area contributed by atoms with Gasteiger partial charge in [0.2, 0.25) is 0 Å². The van der Waals surface area contributed by atoms with Crippen LogP contribution in [0.3, 0.4) is 0 Å². The monoisotopic (exact) mass is 424 g/mol. The van der Waals surface area contributed by atoms with Crippen molar-refractivity contribution in [1.82, 2.24) is 4.98 Å². The molecule has 1 aliphatic heterocycles. The molecule has 0 unspecified atom stereocenters. The van der Waals surface area contributed by atoms with Crippen molar-refractivity contribution in [3.8, 4) is 11.3 Å². The number of fused-ring (bicyclic) bond motifs is 1. The Morgan fingerprint density at radius 1 is 1.14 bits per heavy atom. The first kappa shape index (κ1) is 18.9. The summed E-state index contributed by atoms with van der Waals surface area (Å²) in [6.07, 6.45) is -4.32. The molecule has 28 heavy (non-hydrogen) atoms. The number of thiazole rings is 1. The lowest BCUT2D eigenvalue weighted by atomic mass is 10.1. The minimum Gasteiger partial charge on any atom is -0.266 e. The van der Waals surface area contributed by atoms with Crippen molar-refractivity contribution in [3.05, 3.63) is 64.0 Å². The molecule has 4 nitrogen and oxygen atoms in total. The number of benzene rings is 2. The number of aromatic nitrogens is 1. The zero-order chi connectivity index (χ0) is 20.1. The molecule has 2 aromatic carbocycles. The van der Waals surface area contributed by atoms with E-state index in [1.165, 1.54) is 23.5 Å². The van der Waals surface area contributed by atoms with Gasteiger partial charge in [0, 0.05) is 17.5 Å². The summed E-state index contributed by atoms with van der Waals surface area (Å²) in [6, 6.07) is 9.51. The van der Waals surface area contributed by atoms with Gasteiger partial charge >= 0.3 is 6.18 Å². The first-order valence-corrected chi connectivity index (χ1v) is 10.7. The van der Waals surface area contributed by atoms with E-state index in [2.05, 4.69) is 4.98 Å². The minimum atomic E-state index is -4.75. The molecule has 3 aromatic rings. The zero-order valence-corrected chi connectivity index (χ0v) is 16.3. The Balaban J connectivity index is 1.76. The summed E-state index contributed by atoms with van der Waals surface area (Å²) in [5, 5.41) is 2.84. The Kier molecular flexibility index (Phi) is 4.46. The van der Waals surface area contributed by atoms with Gasteiger partial charge in [-0.2, -0.15) is 13.2 Å².